The molecule has 39 heavy (non-hydrogen) atoms. The van der Waals surface area contributed by atoms with E-state index in [-0.39, 0.29) is 11.1 Å². The number of thiazole rings is 1. The summed E-state index contributed by atoms with van der Waals surface area (Å²) in [4.78, 5) is 31.4. The molecule has 1 aliphatic rings. The summed E-state index contributed by atoms with van der Waals surface area (Å²) < 4.78 is 29.4. The summed E-state index contributed by atoms with van der Waals surface area (Å²) >= 11 is 7.64. The summed E-state index contributed by atoms with van der Waals surface area (Å²) in [6, 6.07) is 8.00. The summed E-state index contributed by atoms with van der Waals surface area (Å²) in [7, 11) is 2.81. The minimum Gasteiger partial charge on any atom is -0.493 e. The van der Waals surface area contributed by atoms with E-state index in [9.17, 15) is 9.59 Å². The Hall–Kier alpha value is -3.76. The molecule has 9 nitrogen and oxygen atoms in total. The molecule has 206 valence electrons. The summed E-state index contributed by atoms with van der Waals surface area (Å²) in [5, 5.41) is 0.360. The SMILES string of the molecule is CCOc1ccc([C@H]2C(C(=O)OC)=CN=c3s/c(=C\c4cc(Cl)c(OCC)c(OC)c4)c(=O)n32)cc1OCC. The van der Waals surface area contributed by atoms with Gasteiger partial charge in [0.15, 0.2) is 27.8 Å². The van der Waals surface area contributed by atoms with E-state index in [0.717, 1.165) is 0 Å². The fourth-order valence-corrected chi connectivity index (χ4v) is 5.49. The van der Waals surface area contributed by atoms with Crippen LogP contribution in [0.4, 0.5) is 0 Å². The van der Waals surface area contributed by atoms with Gasteiger partial charge >= 0.3 is 5.97 Å². The molecule has 4 rings (SSSR count). The van der Waals surface area contributed by atoms with Gasteiger partial charge in [-0.05, 0) is 62.2 Å². The molecule has 1 aromatic heterocycles. The third-order valence-electron chi connectivity index (χ3n) is 5.85. The van der Waals surface area contributed by atoms with E-state index in [4.69, 9.17) is 35.3 Å². The van der Waals surface area contributed by atoms with Gasteiger partial charge in [0.05, 0.1) is 55.2 Å². The van der Waals surface area contributed by atoms with Gasteiger partial charge in [-0.3, -0.25) is 9.36 Å². The van der Waals surface area contributed by atoms with Crippen LogP contribution in [0.25, 0.3) is 6.08 Å². The number of carbonyl (C=O) groups is 1. The number of rotatable bonds is 10. The van der Waals surface area contributed by atoms with Crippen LogP contribution in [0.2, 0.25) is 5.02 Å². The molecule has 1 aliphatic heterocycles. The lowest BCUT2D eigenvalue weighted by molar-refractivity contribution is -0.136. The van der Waals surface area contributed by atoms with Crippen LogP contribution in [0.15, 0.2) is 51.9 Å². The van der Waals surface area contributed by atoms with Gasteiger partial charge in [0.2, 0.25) is 0 Å². The lowest BCUT2D eigenvalue weighted by Gasteiger charge is -2.23. The smallest absolute Gasteiger partial charge is 0.337 e. The number of aromatic nitrogens is 1. The van der Waals surface area contributed by atoms with Crippen LogP contribution in [0.3, 0.4) is 0 Å². The quantitative estimate of drug-likeness (QED) is 0.340. The van der Waals surface area contributed by atoms with Gasteiger partial charge in [0.1, 0.15) is 0 Å². The monoisotopic (exact) mass is 572 g/mol. The van der Waals surface area contributed by atoms with Crippen molar-refractivity contribution in [3.63, 3.8) is 0 Å². The third kappa shape index (κ3) is 5.67. The number of halogens is 1. The van der Waals surface area contributed by atoms with Gasteiger partial charge in [-0.1, -0.05) is 29.0 Å². The zero-order chi connectivity index (χ0) is 28.1. The zero-order valence-electron chi connectivity index (χ0n) is 22.3. The highest BCUT2D eigenvalue weighted by atomic mass is 35.5. The lowest BCUT2D eigenvalue weighted by Crippen LogP contribution is -2.39. The first kappa shape index (κ1) is 28.3. The van der Waals surface area contributed by atoms with Crippen molar-refractivity contribution in [2.45, 2.75) is 26.8 Å². The second-order valence-electron chi connectivity index (χ2n) is 8.22. The Morgan fingerprint density at radius 1 is 1.03 bits per heavy atom. The van der Waals surface area contributed by atoms with Crippen molar-refractivity contribution in [2.75, 3.05) is 34.0 Å². The number of fused-ring (bicyclic) bond motifs is 1. The summed E-state index contributed by atoms with van der Waals surface area (Å²) in [6.45, 7) is 6.90. The molecule has 0 radical (unpaired) electrons. The first-order valence-corrected chi connectivity index (χ1v) is 13.5. The topological polar surface area (TPSA) is 97.6 Å². The maximum atomic E-state index is 13.8. The van der Waals surface area contributed by atoms with Crippen molar-refractivity contribution in [3.05, 3.63) is 77.9 Å². The number of nitrogens with zero attached hydrogens (tertiary/aromatic N) is 2. The molecule has 0 saturated carbocycles. The average molecular weight is 573 g/mol. The van der Waals surface area contributed by atoms with Crippen molar-refractivity contribution >= 4 is 35.0 Å². The summed E-state index contributed by atoms with van der Waals surface area (Å²) in [6.07, 6.45) is 3.15. The molecule has 0 spiro atoms. The highest BCUT2D eigenvalue weighted by Gasteiger charge is 2.31. The predicted molar refractivity (Wildman–Crippen MR) is 149 cm³/mol. The van der Waals surface area contributed by atoms with Crippen molar-refractivity contribution in [1.29, 1.82) is 0 Å². The van der Waals surface area contributed by atoms with Crippen molar-refractivity contribution in [3.8, 4) is 23.0 Å². The maximum Gasteiger partial charge on any atom is 0.337 e. The maximum absolute atomic E-state index is 13.8. The largest absolute Gasteiger partial charge is 0.493 e. The molecule has 1 atom stereocenters. The molecule has 3 aromatic rings. The Labute approximate surface area is 234 Å². The second kappa shape index (κ2) is 12.4. The van der Waals surface area contributed by atoms with Crippen molar-refractivity contribution < 1.29 is 28.5 Å². The molecule has 0 amide bonds. The number of esters is 1. The highest BCUT2D eigenvalue weighted by Crippen LogP contribution is 2.37. The van der Waals surface area contributed by atoms with Gasteiger partial charge < -0.3 is 23.7 Å². The van der Waals surface area contributed by atoms with Gasteiger partial charge in [-0.15, -0.1) is 0 Å². The normalized spacial score (nSPS) is 14.7. The molecule has 0 N–H and O–H groups in total. The van der Waals surface area contributed by atoms with Crippen molar-refractivity contribution in [1.82, 2.24) is 4.57 Å². The van der Waals surface area contributed by atoms with Gasteiger partial charge in [0.25, 0.3) is 5.56 Å². The zero-order valence-corrected chi connectivity index (χ0v) is 23.9. The van der Waals surface area contributed by atoms with Crippen LogP contribution in [-0.2, 0) is 9.53 Å². The van der Waals surface area contributed by atoms with Crippen LogP contribution in [0, 0.1) is 0 Å². The molecular weight excluding hydrogens is 544 g/mol. The fraction of sp³-hybridized carbons (Fsp3) is 0.321. The summed E-state index contributed by atoms with van der Waals surface area (Å²) in [5.41, 5.74) is 1.18. The van der Waals surface area contributed by atoms with Gasteiger partial charge in [-0.25, -0.2) is 9.79 Å². The van der Waals surface area contributed by atoms with E-state index in [0.29, 0.717) is 68.3 Å². The number of methoxy groups -OCH3 is 2. The number of carbonyl (C=O) groups excluding carboxylic acids is 1. The Morgan fingerprint density at radius 3 is 2.41 bits per heavy atom. The Balaban J connectivity index is 1.89. The Morgan fingerprint density at radius 2 is 1.74 bits per heavy atom. The van der Waals surface area contributed by atoms with Crippen molar-refractivity contribution in [2.24, 2.45) is 4.99 Å². The van der Waals surface area contributed by atoms with Crippen LogP contribution in [0.5, 0.6) is 23.0 Å². The second-order valence-corrected chi connectivity index (χ2v) is 9.63. The molecule has 0 unspecified atom stereocenters. The summed E-state index contributed by atoms with van der Waals surface area (Å²) in [5.74, 6) is 1.38. The van der Waals surface area contributed by atoms with Gasteiger partial charge in [-0.2, -0.15) is 0 Å². The van der Waals surface area contributed by atoms with E-state index in [1.807, 2.05) is 20.8 Å². The van der Waals surface area contributed by atoms with Gasteiger partial charge in [0, 0.05) is 6.20 Å². The highest BCUT2D eigenvalue weighted by molar-refractivity contribution is 7.07. The molecule has 0 fully saturated rings. The molecular formula is C28H29ClN2O7S. The Bertz CT molecular complexity index is 1590. The molecule has 11 heteroatoms. The predicted octanol–water partition coefficient (Wildman–Crippen LogP) is 3.88. The Kier molecular flexibility index (Phi) is 8.98. The van der Waals surface area contributed by atoms with Crippen LogP contribution < -0.4 is 33.8 Å². The third-order valence-corrected chi connectivity index (χ3v) is 7.12. The van der Waals surface area contributed by atoms with E-state index in [2.05, 4.69) is 4.99 Å². The lowest BCUT2D eigenvalue weighted by atomic mass is 9.97. The molecule has 0 aliphatic carbocycles. The number of hydrogen-bond acceptors (Lipinski definition) is 9. The van der Waals surface area contributed by atoms with Crippen LogP contribution in [0.1, 0.15) is 37.9 Å². The molecule has 0 saturated heterocycles. The number of ether oxygens (including phenoxy) is 5. The minimum atomic E-state index is -0.788. The first-order chi connectivity index (χ1) is 18.9. The number of hydrogen-bond donors (Lipinski definition) is 0. The molecule has 2 heterocycles. The molecule has 0 bridgehead atoms. The average Bonchev–Trinajstić information content (AvgIpc) is 3.25. The van der Waals surface area contributed by atoms with E-state index < -0.39 is 12.0 Å². The fourth-order valence-electron chi connectivity index (χ4n) is 4.25. The van der Waals surface area contributed by atoms with E-state index in [1.54, 1.807) is 36.4 Å². The minimum absolute atomic E-state index is 0.217. The van der Waals surface area contributed by atoms with Crippen LogP contribution >= 0.6 is 22.9 Å². The van der Waals surface area contributed by atoms with E-state index in [1.165, 1.54) is 36.3 Å². The standard InChI is InChI=1S/C28H29ClN2O7S/c1-6-36-20-10-9-17(14-21(20)37-7-2)24-18(27(33)35-5)15-30-28-31(24)26(32)23(39-28)13-16-11-19(29)25(38-8-3)22(12-16)34-4/h9-15,24H,6-8H2,1-5H3/b23-13-/t24-/m0/s1. The first-order valence-electron chi connectivity index (χ1n) is 12.4. The molecule has 2 aromatic carbocycles. The number of benzene rings is 2. The van der Waals surface area contributed by atoms with E-state index >= 15 is 0 Å². The van der Waals surface area contributed by atoms with Crippen LogP contribution in [-0.4, -0.2) is 44.6 Å².